The molecular formula is C19H14BrF3N4O2S. The van der Waals surface area contributed by atoms with E-state index in [0.717, 1.165) is 12.1 Å². The molecule has 0 aliphatic carbocycles. The summed E-state index contributed by atoms with van der Waals surface area (Å²) in [5.74, 6) is -0.311. The van der Waals surface area contributed by atoms with Crippen molar-refractivity contribution in [2.75, 3.05) is 5.32 Å². The Morgan fingerprint density at radius 3 is 2.80 bits per heavy atom. The largest absolute Gasteiger partial charge is 0.507 e. The summed E-state index contributed by atoms with van der Waals surface area (Å²) in [6, 6.07) is 9.53. The van der Waals surface area contributed by atoms with E-state index in [9.17, 15) is 23.1 Å². The molecule has 3 rings (SSSR count). The third-order valence-electron chi connectivity index (χ3n) is 3.71. The number of nitrogens with one attached hydrogen (secondary N) is 2. The van der Waals surface area contributed by atoms with Crippen LogP contribution < -0.4 is 10.7 Å². The summed E-state index contributed by atoms with van der Waals surface area (Å²) in [4.78, 5) is 16.2. The van der Waals surface area contributed by atoms with Crippen LogP contribution >= 0.6 is 27.3 Å². The number of aromatic nitrogens is 1. The molecule has 11 heteroatoms. The molecule has 0 fully saturated rings. The van der Waals surface area contributed by atoms with Gasteiger partial charge in [-0.15, -0.1) is 11.3 Å². The van der Waals surface area contributed by atoms with E-state index in [0.29, 0.717) is 20.9 Å². The topological polar surface area (TPSA) is 86.6 Å². The molecule has 0 unspecified atom stereocenters. The standard InChI is InChI=1S/C19H14BrF3N4O2S/c20-15-6-11(4-5-16(15)28)9-24-27-17(29)8-14-10-30-18(26-14)25-13-3-1-2-12(7-13)19(21,22)23/h1-7,9-10,28H,8H2,(H,25,26)(H,27,29)/b24-9-. The number of alkyl halides is 3. The average Bonchev–Trinajstić information content (AvgIpc) is 3.11. The summed E-state index contributed by atoms with van der Waals surface area (Å²) in [6.45, 7) is 0. The number of hydrogen-bond donors (Lipinski definition) is 3. The number of aromatic hydroxyl groups is 1. The number of carbonyl (C=O) groups is 1. The third-order valence-corrected chi connectivity index (χ3v) is 5.15. The van der Waals surface area contributed by atoms with Gasteiger partial charge in [0.1, 0.15) is 5.75 Å². The maximum absolute atomic E-state index is 12.8. The van der Waals surface area contributed by atoms with Crippen LogP contribution in [0.3, 0.4) is 0 Å². The van der Waals surface area contributed by atoms with Crippen LogP contribution in [0.25, 0.3) is 0 Å². The number of hydrogen-bond acceptors (Lipinski definition) is 6. The van der Waals surface area contributed by atoms with Gasteiger partial charge in [-0.3, -0.25) is 4.79 Å². The normalized spacial score (nSPS) is 11.6. The number of rotatable bonds is 6. The van der Waals surface area contributed by atoms with E-state index >= 15 is 0 Å². The number of phenolic OH excluding ortho intramolecular Hbond substituents is 1. The minimum atomic E-state index is -4.43. The summed E-state index contributed by atoms with van der Waals surface area (Å²) in [6.07, 6.45) is -3.05. The van der Waals surface area contributed by atoms with Gasteiger partial charge in [-0.05, 0) is 57.9 Å². The maximum atomic E-state index is 12.8. The van der Waals surface area contributed by atoms with Gasteiger partial charge in [-0.2, -0.15) is 18.3 Å². The first-order valence-electron chi connectivity index (χ1n) is 8.40. The van der Waals surface area contributed by atoms with Crippen molar-refractivity contribution in [3.63, 3.8) is 0 Å². The maximum Gasteiger partial charge on any atom is 0.416 e. The first kappa shape index (κ1) is 21.8. The smallest absolute Gasteiger partial charge is 0.416 e. The van der Waals surface area contributed by atoms with Crippen molar-refractivity contribution in [2.45, 2.75) is 12.6 Å². The fraction of sp³-hybridized carbons (Fsp3) is 0.105. The van der Waals surface area contributed by atoms with Crippen molar-refractivity contribution < 1.29 is 23.1 Å². The Labute approximate surface area is 181 Å². The first-order chi connectivity index (χ1) is 14.2. The Balaban J connectivity index is 1.55. The summed E-state index contributed by atoms with van der Waals surface area (Å²) in [5, 5.41) is 18.1. The van der Waals surface area contributed by atoms with Crippen LogP contribution in [-0.4, -0.2) is 22.2 Å². The molecule has 0 bridgehead atoms. The lowest BCUT2D eigenvalue weighted by Crippen LogP contribution is -2.19. The van der Waals surface area contributed by atoms with E-state index in [-0.39, 0.29) is 17.9 Å². The molecular weight excluding hydrogens is 485 g/mol. The fourth-order valence-corrected chi connectivity index (χ4v) is 3.46. The van der Waals surface area contributed by atoms with Crippen LogP contribution in [0.2, 0.25) is 0 Å². The van der Waals surface area contributed by atoms with Gasteiger partial charge in [0.05, 0.1) is 28.4 Å². The molecule has 30 heavy (non-hydrogen) atoms. The number of anilines is 2. The van der Waals surface area contributed by atoms with Crippen molar-refractivity contribution >= 4 is 50.2 Å². The lowest BCUT2D eigenvalue weighted by Gasteiger charge is -2.08. The monoisotopic (exact) mass is 498 g/mol. The molecule has 0 saturated heterocycles. The van der Waals surface area contributed by atoms with Gasteiger partial charge in [0, 0.05) is 11.1 Å². The number of carbonyl (C=O) groups excluding carboxylic acids is 1. The summed E-state index contributed by atoms with van der Waals surface area (Å²) < 4.78 is 38.9. The second-order valence-corrected chi connectivity index (χ2v) is 7.74. The van der Waals surface area contributed by atoms with E-state index in [1.165, 1.54) is 35.8 Å². The van der Waals surface area contributed by atoms with Crippen molar-refractivity contribution in [1.29, 1.82) is 0 Å². The molecule has 1 aromatic heterocycles. The zero-order valence-corrected chi connectivity index (χ0v) is 17.5. The zero-order valence-electron chi connectivity index (χ0n) is 15.1. The van der Waals surface area contributed by atoms with Crippen LogP contribution in [0.5, 0.6) is 5.75 Å². The number of thiazole rings is 1. The van der Waals surface area contributed by atoms with Crippen LogP contribution in [0, 0.1) is 0 Å². The number of benzene rings is 2. The fourth-order valence-electron chi connectivity index (χ4n) is 2.33. The Hall–Kier alpha value is -2.92. The number of phenols is 1. The summed E-state index contributed by atoms with van der Waals surface area (Å²) in [7, 11) is 0. The van der Waals surface area contributed by atoms with Crippen molar-refractivity contribution in [1.82, 2.24) is 10.4 Å². The third kappa shape index (κ3) is 6.04. The van der Waals surface area contributed by atoms with Gasteiger partial charge in [-0.1, -0.05) is 6.07 Å². The predicted molar refractivity (Wildman–Crippen MR) is 112 cm³/mol. The molecule has 0 atom stereocenters. The second kappa shape index (κ2) is 9.26. The van der Waals surface area contributed by atoms with Crippen LogP contribution in [0.4, 0.5) is 24.0 Å². The van der Waals surface area contributed by atoms with Crippen LogP contribution in [0.15, 0.2) is 57.4 Å². The van der Waals surface area contributed by atoms with Gasteiger partial charge < -0.3 is 10.4 Å². The van der Waals surface area contributed by atoms with E-state index in [1.807, 2.05) is 0 Å². The van der Waals surface area contributed by atoms with Gasteiger partial charge >= 0.3 is 6.18 Å². The quantitative estimate of drug-likeness (QED) is 0.327. The van der Waals surface area contributed by atoms with Gasteiger partial charge in [0.15, 0.2) is 5.13 Å². The number of amides is 1. The van der Waals surface area contributed by atoms with Crippen LogP contribution in [-0.2, 0) is 17.4 Å². The SMILES string of the molecule is O=C(Cc1csc(Nc2cccc(C(F)(F)F)c2)n1)N/N=C\c1ccc(O)c(Br)c1. The number of halogens is 4. The molecule has 1 heterocycles. The number of nitrogens with zero attached hydrogens (tertiary/aromatic N) is 2. The number of hydrazone groups is 1. The highest BCUT2D eigenvalue weighted by Gasteiger charge is 2.30. The minimum absolute atomic E-state index is 0.0443. The highest BCUT2D eigenvalue weighted by molar-refractivity contribution is 9.10. The average molecular weight is 499 g/mol. The van der Waals surface area contributed by atoms with Crippen molar-refractivity contribution in [2.24, 2.45) is 5.10 Å². The molecule has 3 N–H and O–H groups in total. The molecule has 0 saturated carbocycles. The molecule has 0 spiro atoms. The Bertz CT molecular complexity index is 1090. The molecule has 3 aromatic rings. The van der Waals surface area contributed by atoms with E-state index in [4.69, 9.17) is 0 Å². The Morgan fingerprint density at radius 1 is 1.27 bits per heavy atom. The molecule has 156 valence electrons. The molecule has 0 aliphatic rings. The summed E-state index contributed by atoms with van der Waals surface area (Å²) in [5.41, 5.74) is 2.98. The van der Waals surface area contributed by atoms with Crippen molar-refractivity contribution in [3.8, 4) is 5.75 Å². The lowest BCUT2D eigenvalue weighted by molar-refractivity contribution is -0.137. The lowest BCUT2D eigenvalue weighted by atomic mass is 10.2. The molecule has 6 nitrogen and oxygen atoms in total. The van der Waals surface area contributed by atoms with Gasteiger partial charge in [0.2, 0.25) is 5.91 Å². The highest BCUT2D eigenvalue weighted by Crippen LogP contribution is 2.31. The predicted octanol–water partition coefficient (Wildman–Crippen LogP) is 5.07. The van der Waals surface area contributed by atoms with Crippen LogP contribution in [0.1, 0.15) is 16.8 Å². The molecule has 0 radical (unpaired) electrons. The van der Waals surface area contributed by atoms with E-state index < -0.39 is 17.6 Å². The minimum Gasteiger partial charge on any atom is -0.507 e. The Morgan fingerprint density at radius 2 is 2.07 bits per heavy atom. The van der Waals surface area contributed by atoms with E-state index in [1.54, 1.807) is 17.5 Å². The molecule has 1 amide bonds. The zero-order chi connectivity index (χ0) is 21.7. The molecule has 0 aliphatic heterocycles. The molecule has 2 aromatic carbocycles. The van der Waals surface area contributed by atoms with Gasteiger partial charge in [-0.25, -0.2) is 10.4 Å². The second-order valence-electron chi connectivity index (χ2n) is 6.03. The first-order valence-corrected chi connectivity index (χ1v) is 10.1. The van der Waals surface area contributed by atoms with E-state index in [2.05, 4.69) is 36.8 Å². The van der Waals surface area contributed by atoms with Gasteiger partial charge in [0.25, 0.3) is 0 Å². The Kier molecular flexibility index (Phi) is 6.73. The summed E-state index contributed by atoms with van der Waals surface area (Å²) >= 11 is 4.36. The highest BCUT2D eigenvalue weighted by atomic mass is 79.9. The van der Waals surface area contributed by atoms with Crippen molar-refractivity contribution in [3.05, 3.63) is 69.1 Å².